The molecule has 6 saturated heterocycles. The van der Waals surface area contributed by atoms with E-state index >= 15 is 0 Å². The second-order valence-corrected chi connectivity index (χ2v) is 31.3. The molecule has 12 atom stereocenters. The Balaban J connectivity index is 0.625. The SMILES string of the molecule is COC1COC2C(Oc3ccc(S(=O)(=O)c4ccc(Oc5ccc(C(C)(c6ccc(Oc7ccc(S(=O)(=O)c8ccc(OC9COC%10C(OC)COC9%10)cc8)cc7)cc6)c6ccc(Oc7ccc(S(=O)(=O)c8ccc(OC9COC%10C(OC)COC9%10)cc8)cc7)cc6)cc5)cc4)cc3)COC12. The number of methoxy groups -OCH3 is 3. The van der Waals surface area contributed by atoms with E-state index in [-0.39, 0.29) is 103 Å². The van der Waals surface area contributed by atoms with E-state index in [2.05, 4.69) is 6.92 Å². The van der Waals surface area contributed by atoms with Crippen LogP contribution in [0, 0.1) is 0 Å². The zero-order chi connectivity index (χ0) is 69.6. The molecule has 0 aliphatic carbocycles. The van der Waals surface area contributed by atoms with Gasteiger partial charge in [-0.1, -0.05) is 36.4 Å². The molecule has 15 rings (SSSR count). The fourth-order valence-electron chi connectivity index (χ4n) is 13.8. The molecule has 24 heteroatoms. The third-order valence-corrected chi connectivity index (χ3v) is 24.8. The van der Waals surface area contributed by atoms with Crippen LogP contribution in [0.15, 0.2) is 248 Å². The molecule has 0 amide bonds. The van der Waals surface area contributed by atoms with Gasteiger partial charge in [0, 0.05) is 26.7 Å². The molecule has 6 heterocycles. The van der Waals surface area contributed by atoms with Gasteiger partial charge in [-0.3, -0.25) is 0 Å². The number of fused-ring (bicyclic) bond motifs is 3. The van der Waals surface area contributed by atoms with Crippen LogP contribution in [-0.2, 0) is 77.6 Å². The van der Waals surface area contributed by atoms with Crippen molar-refractivity contribution in [1.82, 2.24) is 0 Å². The summed E-state index contributed by atoms with van der Waals surface area (Å²) in [6.45, 7) is 4.32. The van der Waals surface area contributed by atoms with E-state index in [4.69, 9.17) is 71.1 Å². The van der Waals surface area contributed by atoms with E-state index < -0.39 is 34.9 Å². The lowest BCUT2D eigenvalue weighted by atomic mass is 9.71. The minimum Gasteiger partial charge on any atom is -0.485 e. The Morgan fingerprint density at radius 3 is 0.624 bits per heavy atom. The van der Waals surface area contributed by atoms with Crippen LogP contribution < -0.4 is 28.4 Å². The number of hydrogen-bond acceptors (Lipinski definition) is 21. The second-order valence-electron chi connectivity index (χ2n) is 25.4. The maximum absolute atomic E-state index is 13.8. The van der Waals surface area contributed by atoms with Crippen LogP contribution in [0.2, 0.25) is 0 Å². The molecule has 12 unspecified atom stereocenters. The van der Waals surface area contributed by atoms with E-state index in [1.807, 2.05) is 72.8 Å². The van der Waals surface area contributed by atoms with Crippen molar-refractivity contribution in [2.24, 2.45) is 0 Å². The molecule has 6 aliphatic rings. The van der Waals surface area contributed by atoms with E-state index in [1.54, 1.807) is 94.1 Å². The second kappa shape index (κ2) is 28.2. The molecule has 9 aromatic rings. The first-order valence-electron chi connectivity index (χ1n) is 32.9. The molecule has 21 nitrogen and oxygen atoms in total. The Morgan fingerprint density at radius 1 is 0.257 bits per heavy atom. The van der Waals surface area contributed by atoms with E-state index in [1.165, 1.54) is 72.8 Å². The normalized spacial score (nSPS) is 25.2. The van der Waals surface area contributed by atoms with Crippen LogP contribution in [0.25, 0.3) is 0 Å². The van der Waals surface area contributed by atoms with E-state index in [0.717, 1.165) is 16.7 Å². The first-order valence-corrected chi connectivity index (χ1v) is 37.4. The summed E-state index contributed by atoms with van der Waals surface area (Å²) >= 11 is 0. The molecule has 9 aromatic carbocycles. The van der Waals surface area contributed by atoms with Crippen LogP contribution in [-0.4, -0.2) is 159 Å². The molecule has 101 heavy (non-hydrogen) atoms. The molecule has 524 valence electrons. The molecule has 0 bridgehead atoms. The summed E-state index contributed by atoms with van der Waals surface area (Å²) in [4.78, 5) is 0.559. The largest absolute Gasteiger partial charge is 0.485 e. The summed E-state index contributed by atoms with van der Waals surface area (Å²) in [5.41, 5.74) is 1.84. The monoisotopic (exact) mass is 1430 g/mol. The topological polar surface area (TPSA) is 241 Å². The summed E-state index contributed by atoms with van der Waals surface area (Å²) in [7, 11) is -6.86. The van der Waals surface area contributed by atoms with Crippen LogP contribution in [0.5, 0.6) is 51.7 Å². The number of hydrogen-bond donors (Lipinski definition) is 0. The zero-order valence-electron chi connectivity index (χ0n) is 55.3. The van der Waals surface area contributed by atoms with Gasteiger partial charge in [0.2, 0.25) is 29.5 Å². The third-order valence-electron chi connectivity index (χ3n) is 19.5. The minimum atomic E-state index is -3.91. The highest BCUT2D eigenvalue weighted by Crippen LogP contribution is 2.43. The Labute approximate surface area is 585 Å². The molecule has 0 N–H and O–H groups in total. The Morgan fingerprint density at radius 2 is 0.426 bits per heavy atom. The first kappa shape index (κ1) is 68.1. The molecular formula is C77H72O21S3. The maximum atomic E-state index is 13.8. The highest BCUT2D eigenvalue weighted by molar-refractivity contribution is 7.92. The van der Waals surface area contributed by atoms with Crippen molar-refractivity contribution in [2.75, 3.05) is 61.0 Å². The van der Waals surface area contributed by atoms with Gasteiger partial charge in [-0.05, 0) is 206 Å². The molecule has 0 radical (unpaired) electrons. The van der Waals surface area contributed by atoms with Gasteiger partial charge >= 0.3 is 0 Å². The van der Waals surface area contributed by atoms with Gasteiger partial charge in [-0.2, -0.15) is 0 Å². The van der Waals surface area contributed by atoms with Crippen molar-refractivity contribution in [3.8, 4) is 51.7 Å². The van der Waals surface area contributed by atoms with Gasteiger partial charge in [-0.15, -0.1) is 0 Å². The highest BCUT2D eigenvalue weighted by atomic mass is 32.2. The Hall–Kier alpha value is -8.73. The number of rotatable bonds is 24. The standard InChI is InChI=1S/C77H72O21S3/c1-77(47-5-11-50(12-6-47)93-53-17-29-59(30-18-53)99(78,79)62-35-23-56(24-36-62)96-68-44-90-71-65(84-2)41-87-74(68)71,48-7-13-51(14-8-48)94-54-19-31-60(32-20-54)100(80,81)63-37-25-57(26-38-63)97-69-45-91-72-66(85-3)42-88-75(69)72)49-9-15-52(16-10-49)95-55-21-33-61(34-22-55)101(82,83)64-39-27-58(28-40-64)98-70-46-92-73-67(86-4)43-89-76(70)73/h5-40,65-76H,41-46H2,1-4H3. The molecule has 6 aliphatic heterocycles. The van der Waals surface area contributed by atoms with Crippen molar-refractivity contribution >= 4 is 29.5 Å². The highest BCUT2D eigenvalue weighted by Gasteiger charge is 2.52. The van der Waals surface area contributed by atoms with Crippen LogP contribution in [0.4, 0.5) is 0 Å². The predicted molar refractivity (Wildman–Crippen MR) is 364 cm³/mol. The van der Waals surface area contributed by atoms with Crippen molar-refractivity contribution < 1.29 is 96.3 Å². The summed E-state index contributed by atoms with van der Waals surface area (Å²) in [6, 6.07) is 60.4. The van der Waals surface area contributed by atoms with Crippen molar-refractivity contribution in [3.05, 3.63) is 235 Å². The van der Waals surface area contributed by atoms with Crippen LogP contribution >= 0.6 is 0 Å². The smallest absolute Gasteiger partial charge is 0.206 e. The lowest BCUT2D eigenvalue weighted by molar-refractivity contribution is -0.0138. The van der Waals surface area contributed by atoms with Crippen molar-refractivity contribution in [2.45, 2.75) is 115 Å². The quantitative estimate of drug-likeness (QED) is 0.0511. The maximum Gasteiger partial charge on any atom is 0.206 e. The van der Waals surface area contributed by atoms with Gasteiger partial charge < -0.3 is 71.1 Å². The zero-order valence-corrected chi connectivity index (χ0v) is 57.7. The average Bonchev–Trinajstić information content (AvgIpc) is 1.82. The van der Waals surface area contributed by atoms with E-state index in [0.29, 0.717) is 91.4 Å². The summed E-state index contributed by atoms with van der Waals surface area (Å²) < 4.78 is 172. The number of ether oxygens (including phenoxy) is 15. The van der Waals surface area contributed by atoms with Gasteiger partial charge in [0.25, 0.3) is 0 Å². The van der Waals surface area contributed by atoms with Crippen molar-refractivity contribution in [1.29, 1.82) is 0 Å². The summed E-state index contributed by atoms with van der Waals surface area (Å²) in [5.74, 6) is 4.23. The predicted octanol–water partition coefficient (Wildman–Crippen LogP) is 11.6. The number of sulfone groups is 3. The number of benzene rings is 9. The first-order chi connectivity index (χ1) is 48.9. The molecule has 6 fully saturated rings. The summed E-state index contributed by atoms with van der Waals surface area (Å²) in [5, 5.41) is 0. The Bertz CT molecular complexity index is 4240. The molecule has 0 spiro atoms. The fourth-order valence-corrected chi connectivity index (χ4v) is 17.5. The average molecular weight is 1430 g/mol. The van der Waals surface area contributed by atoms with Gasteiger partial charge in [-0.25, -0.2) is 25.3 Å². The van der Waals surface area contributed by atoms with Crippen LogP contribution in [0.1, 0.15) is 23.6 Å². The Kier molecular flexibility index (Phi) is 19.0. The minimum absolute atomic E-state index is 0.0864. The fraction of sp³-hybridized carbons (Fsp3) is 0.299. The van der Waals surface area contributed by atoms with Gasteiger partial charge in [0.1, 0.15) is 107 Å². The summed E-state index contributed by atoms with van der Waals surface area (Å²) in [6.07, 6.45) is -3.09. The third kappa shape index (κ3) is 13.6. The van der Waals surface area contributed by atoms with Crippen LogP contribution in [0.3, 0.4) is 0 Å². The molecule has 0 saturated carbocycles. The molecule has 0 aromatic heterocycles. The van der Waals surface area contributed by atoms with Crippen molar-refractivity contribution in [3.63, 3.8) is 0 Å². The lowest BCUT2D eigenvalue weighted by Gasteiger charge is -2.32. The van der Waals surface area contributed by atoms with Gasteiger partial charge in [0.05, 0.1) is 69.0 Å². The molecular weight excluding hydrogens is 1360 g/mol. The lowest BCUT2D eigenvalue weighted by Crippen LogP contribution is -2.35. The van der Waals surface area contributed by atoms with Gasteiger partial charge in [0.15, 0.2) is 18.3 Å². The van der Waals surface area contributed by atoms with E-state index in [9.17, 15) is 25.3 Å².